The first kappa shape index (κ1) is 25.2. The maximum Gasteiger partial charge on any atom is 0.288 e. The lowest BCUT2D eigenvalue weighted by atomic mass is 10.2. The molecule has 0 saturated carbocycles. The highest BCUT2D eigenvalue weighted by Gasteiger charge is 2.21. The van der Waals surface area contributed by atoms with Crippen molar-refractivity contribution in [2.24, 2.45) is 0 Å². The van der Waals surface area contributed by atoms with Crippen LogP contribution in [0.4, 0.5) is 11.4 Å². The number of amides is 1. The molecule has 3 rings (SSSR count). The van der Waals surface area contributed by atoms with Gasteiger partial charge in [0.25, 0.3) is 11.6 Å². The number of anilines is 1. The molecule has 0 aromatic heterocycles. The highest BCUT2D eigenvalue weighted by Crippen LogP contribution is 2.25. The third-order valence-corrected chi connectivity index (χ3v) is 7.04. The summed E-state index contributed by atoms with van der Waals surface area (Å²) in [6.07, 6.45) is 0. The third-order valence-electron chi connectivity index (χ3n) is 4.70. The molecule has 34 heavy (non-hydrogen) atoms. The van der Waals surface area contributed by atoms with Gasteiger partial charge in [0.1, 0.15) is 5.02 Å². The van der Waals surface area contributed by atoms with E-state index in [0.717, 1.165) is 11.6 Å². The second kappa shape index (κ2) is 10.7. The highest BCUT2D eigenvalue weighted by molar-refractivity contribution is 7.89. The summed E-state index contributed by atoms with van der Waals surface area (Å²) in [5.74, 6) is -0.668. The number of carbonyl (C=O) groups excluding carboxylic acids is 1. The van der Waals surface area contributed by atoms with Gasteiger partial charge < -0.3 is 5.32 Å². The van der Waals surface area contributed by atoms with Gasteiger partial charge in [0.15, 0.2) is 5.11 Å². The van der Waals surface area contributed by atoms with E-state index in [1.165, 1.54) is 47.8 Å². The number of thiocarbonyl (C=S) groups is 1. The molecule has 12 heteroatoms. The van der Waals surface area contributed by atoms with Crippen molar-refractivity contribution in [2.45, 2.75) is 11.4 Å². The molecule has 0 fully saturated rings. The monoisotopic (exact) mass is 518 g/mol. The summed E-state index contributed by atoms with van der Waals surface area (Å²) in [6.45, 7) is 0.224. The van der Waals surface area contributed by atoms with Crippen LogP contribution in [0.15, 0.2) is 77.7 Å². The first-order valence-corrected chi connectivity index (χ1v) is 12.0. The largest absolute Gasteiger partial charge is 0.332 e. The van der Waals surface area contributed by atoms with E-state index in [-0.39, 0.29) is 27.1 Å². The number of sulfonamides is 1. The second-order valence-corrected chi connectivity index (χ2v) is 9.96. The first-order valence-electron chi connectivity index (χ1n) is 9.74. The molecule has 0 spiro atoms. The molecular formula is C22H19ClN4O5S2. The van der Waals surface area contributed by atoms with Crippen LogP contribution in [0.25, 0.3) is 0 Å². The molecule has 0 heterocycles. The van der Waals surface area contributed by atoms with Crippen LogP contribution in [0.3, 0.4) is 0 Å². The van der Waals surface area contributed by atoms with Crippen molar-refractivity contribution >= 4 is 56.2 Å². The van der Waals surface area contributed by atoms with Crippen molar-refractivity contribution in [2.75, 3.05) is 12.4 Å². The van der Waals surface area contributed by atoms with E-state index in [2.05, 4.69) is 10.6 Å². The fraction of sp³-hybridized carbons (Fsp3) is 0.0909. The van der Waals surface area contributed by atoms with Gasteiger partial charge in [-0.3, -0.25) is 20.2 Å². The number of rotatable bonds is 7. The molecule has 0 unspecified atom stereocenters. The predicted molar refractivity (Wildman–Crippen MR) is 133 cm³/mol. The smallest absolute Gasteiger partial charge is 0.288 e. The Bertz CT molecular complexity index is 1330. The van der Waals surface area contributed by atoms with Crippen LogP contribution in [-0.2, 0) is 16.6 Å². The quantitative estimate of drug-likeness (QED) is 0.273. The fourth-order valence-corrected chi connectivity index (χ4v) is 4.50. The predicted octanol–water partition coefficient (Wildman–Crippen LogP) is 4.20. The Morgan fingerprint density at radius 2 is 1.74 bits per heavy atom. The maximum absolute atomic E-state index is 12.8. The van der Waals surface area contributed by atoms with Gasteiger partial charge >= 0.3 is 0 Å². The number of nitrogens with one attached hydrogen (secondary N) is 2. The van der Waals surface area contributed by atoms with Gasteiger partial charge in [0.05, 0.1) is 9.82 Å². The van der Waals surface area contributed by atoms with E-state index < -0.39 is 26.5 Å². The molecule has 2 N–H and O–H groups in total. The van der Waals surface area contributed by atoms with Crippen molar-refractivity contribution < 1.29 is 18.1 Å². The Labute approximate surface area is 206 Å². The molecule has 0 radical (unpaired) electrons. The third kappa shape index (κ3) is 6.14. The Morgan fingerprint density at radius 3 is 2.35 bits per heavy atom. The first-order chi connectivity index (χ1) is 16.1. The molecule has 9 nitrogen and oxygen atoms in total. The van der Waals surface area contributed by atoms with E-state index in [4.69, 9.17) is 23.8 Å². The van der Waals surface area contributed by atoms with Gasteiger partial charge in [0.2, 0.25) is 10.0 Å². The van der Waals surface area contributed by atoms with E-state index in [0.29, 0.717) is 5.69 Å². The van der Waals surface area contributed by atoms with Gasteiger partial charge in [-0.15, -0.1) is 0 Å². The van der Waals surface area contributed by atoms with Gasteiger partial charge in [-0.25, -0.2) is 8.42 Å². The normalized spacial score (nSPS) is 11.1. The van der Waals surface area contributed by atoms with Crippen molar-refractivity contribution in [3.63, 3.8) is 0 Å². The molecule has 0 aliphatic heterocycles. The molecule has 176 valence electrons. The molecule has 0 aliphatic carbocycles. The number of halogens is 1. The van der Waals surface area contributed by atoms with Crippen LogP contribution in [0.2, 0.25) is 5.02 Å². The average molecular weight is 519 g/mol. The SMILES string of the molecule is CN(Cc1ccccc1)S(=O)(=O)c1ccc(NC(=S)NC(=O)c2ccc(Cl)c([N+](=O)[O-])c2)cc1. The lowest BCUT2D eigenvalue weighted by Gasteiger charge is -2.17. The summed E-state index contributed by atoms with van der Waals surface area (Å²) in [4.78, 5) is 22.8. The van der Waals surface area contributed by atoms with Crippen LogP contribution in [-0.4, -0.2) is 35.7 Å². The number of hydrogen-bond acceptors (Lipinski definition) is 6. The molecule has 0 saturated heterocycles. The summed E-state index contributed by atoms with van der Waals surface area (Å²) >= 11 is 10.9. The van der Waals surface area contributed by atoms with Crippen LogP contribution >= 0.6 is 23.8 Å². The number of nitro benzene ring substituents is 1. The van der Waals surface area contributed by atoms with Gasteiger partial charge in [-0.1, -0.05) is 41.9 Å². The molecule has 0 aliphatic rings. The molecule has 3 aromatic carbocycles. The number of nitrogens with zero attached hydrogens (tertiary/aromatic N) is 2. The van der Waals surface area contributed by atoms with E-state index in [1.807, 2.05) is 30.3 Å². The highest BCUT2D eigenvalue weighted by atomic mass is 35.5. The van der Waals surface area contributed by atoms with Crippen molar-refractivity contribution in [1.82, 2.24) is 9.62 Å². The zero-order valence-electron chi connectivity index (χ0n) is 17.8. The lowest BCUT2D eigenvalue weighted by molar-refractivity contribution is -0.384. The van der Waals surface area contributed by atoms with E-state index in [9.17, 15) is 23.3 Å². The summed E-state index contributed by atoms with van der Waals surface area (Å²) in [5, 5.41) is 16.0. The maximum atomic E-state index is 12.8. The minimum atomic E-state index is -3.71. The zero-order valence-corrected chi connectivity index (χ0v) is 20.2. The van der Waals surface area contributed by atoms with E-state index >= 15 is 0 Å². The lowest BCUT2D eigenvalue weighted by Crippen LogP contribution is -2.34. The number of nitro groups is 1. The van der Waals surface area contributed by atoms with Crippen LogP contribution in [0.1, 0.15) is 15.9 Å². The Hall–Kier alpha value is -3.38. The fourth-order valence-electron chi connectivity index (χ4n) is 2.95. The zero-order chi connectivity index (χ0) is 24.9. The number of hydrogen-bond donors (Lipinski definition) is 2. The summed E-state index contributed by atoms with van der Waals surface area (Å²) < 4.78 is 26.9. The Balaban J connectivity index is 1.64. The minimum Gasteiger partial charge on any atom is -0.332 e. The number of carbonyl (C=O) groups is 1. The van der Waals surface area contributed by atoms with Crippen molar-refractivity contribution in [3.8, 4) is 0 Å². The second-order valence-electron chi connectivity index (χ2n) is 7.10. The molecule has 3 aromatic rings. The van der Waals surface area contributed by atoms with Gasteiger partial charge in [0, 0.05) is 30.9 Å². The van der Waals surface area contributed by atoms with Gasteiger partial charge in [-0.05, 0) is 54.2 Å². The topological polar surface area (TPSA) is 122 Å². The number of benzene rings is 3. The molecule has 0 atom stereocenters. The van der Waals surface area contributed by atoms with Crippen molar-refractivity contribution in [1.29, 1.82) is 0 Å². The van der Waals surface area contributed by atoms with Crippen molar-refractivity contribution in [3.05, 3.63) is 99.1 Å². The Morgan fingerprint density at radius 1 is 1.09 bits per heavy atom. The van der Waals surface area contributed by atoms with E-state index in [1.54, 1.807) is 0 Å². The van der Waals surface area contributed by atoms with Gasteiger partial charge in [-0.2, -0.15) is 4.31 Å². The van der Waals surface area contributed by atoms with Crippen LogP contribution in [0, 0.1) is 10.1 Å². The minimum absolute atomic E-state index is 0.00291. The van der Waals surface area contributed by atoms with Crippen LogP contribution < -0.4 is 10.6 Å². The molecular weight excluding hydrogens is 500 g/mol. The van der Waals surface area contributed by atoms with Crippen LogP contribution in [0.5, 0.6) is 0 Å². The standard InChI is InChI=1S/C22H19ClN4O5S2/c1-26(14-15-5-3-2-4-6-15)34(31,32)18-10-8-17(9-11-18)24-22(33)25-21(28)16-7-12-19(23)20(13-16)27(29)30/h2-13H,14H2,1H3,(H2,24,25,28,33). The summed E-state index contributed by atoms with van der Waals surface area (Å²) in [7, 11) is -2.21. The summed E-state index contributed by atoms with van der Waals surface area (Å²) in [5.41, 5.74) is 0.904. The Kier molecular flexibility index (Phi) is 7.94. The summed E-state index contributed by atoms with van der Waals surface area (Å²) in [6, 6.07) is 18.7. The molecule has 0 bridgehead atoms. The molecule has 1 amide bonds. The average Bonchev–Trinajstić information content (AvgIpc) is 2.80.